The van der Waals surface area contributed by atoms with E-state index in [1.807, 2.05) is 10.6 Å². The van der Waals surface area contributed by atoms with Crippen LogP contribution >= 0.6 is 0 Å². The maximum atomic E-state index is 13.5. The van der Waals surface area contributed by atoms with Crippen LogP contribution in [0.1, 0.15) is 10.4 Å². The zero-order chi connectivity index (χ0) is 18.0. The smallest absolute Gasteiger partial charge is 0.409 e. The van der Waals surface area contributed by atoms with E-state index < -0.39 is 46.6 Å². The van der Waals surface area contributed by atoms with Crippen molar-refractivity contribution in [1.29, 1.82) is 0 Å². The fraction of sp³-hybridized carbons (Fsp3) is 0. The Morgan fingerprint density at radius 3 is 1.50 bits per heavy atom. The van der Waals surface area contributed by atoms with Crippen LogP contribution in [0.25, 0.3) is 0 Å². The van der Waals surface area contributed by atoms with Gasteiger partial charge in [0.25, 0.3) is 5.91 Å². The monoisotopic (exact) mass is 346 g/mol. The molecule has 0 atom stereocenters. The van der Waals surface area contributed by atoms with E-state index in [4.69, 9.17) is 5.11 Å². The van der Waals surface area contributed by atoms with E-state index in [0.717, 1.165) is 12.1 Å². The molecule has 10 heteroatoms. The number of rotatable bonds is 3. The molecule has 0 fully saturated rings. The largest absolute Gasteiger partial charge is 0.465 e. The molecule has 2 aromatic rings. The standard InChI is InChI=1S/C14H7F5N2O3/c15-8-7(9(16)11(18)12(19)10(8)17)13(22)20-5-1-3-6(4-2-5)21-14(23)24/h1-4,21H,(H,20,22)(H,23,24). The molecule has 0 saturated carbocycles. The van der Waals surface area contributed by atoms with Crippen LogP contribution in [0.2, 0.25) is 0 Å². The van der Waals surface area contributed by atoms with Crippen molar-refractivity contribution in [2.45, 2.75) is 0 Å². The maximum absolute atomic E-state index is 13.5. The molecule has 0 unspecified atom stereocenters. The van der Waals surface area contributed by atoms with Gasteiger partial charge in [-0.2, -0.15) is 0 Å². The van der Waals surface area contributed by atoms with Gasteiger partial charge in [0, 0.05) is 11.4 Å². The first-order valence-corrected chi connectivity index (χ1v) is 6.15. The molecule has 0 saturated heterocycles. The molecule has 0 aliphatic carbocycles. The highest BCUT2D eigenvalue weighted by atomic mass is 19.2. The highest BCUT2D eigenvalue weighted by Gasteiger charge is 2.29. The Kier molecular flexibility index (Phi) is 4.67. The summed E-state index contributed by atoms with van der Waals surface area (Å²) in [6.07, 6.45) is -1.34. The molecule has 2 aromatic carbocycles. The number of amides is 2. The number of benzene rings is 2. The second-order valence-electron chi connectivity index (χ2n) is 4.41. The van der Waals surface area contributed by atoms with Crippen molar-refractivity contribution in [2.24, 2.45) is 0 Å². The van der Waals surface area contributed by atoms with E-state index in [2.05, 4.69) is 0 Å². The van der Waals surface area contributed by atoms with Gasteiger partial charge in [-0.1, -0.05) is 0 Å². The van der Waals surface area contributed by atoms with Gasteiger partial charge < -0.3 is 10.4 Å². The minimum Gasteiger partial charge on any atom is -0.465 e. The van der Waals surface area contributed by atoms with Gasteiger partial charge in [-0.15, -0.1) is 0 Å². The van der Waals surface area contributed by atoms with Crippen molar-refractivity contribution in [3.63, 3.8) is 0 Å². The third-order valence-electron chi connectivity index (χ3n) is 2.83. The summed E-state index contributed by atoms with van der Waals surface area (Å²) in [7, 11) is 0. The second-order valence-corrected chi connectivity index (χ2v) is 4.41. The Morgan fingerprint density at radius 2 is 1.08 bits per heavy atom. The number of hydrogen-bond acceptors (Lipinski definition) is 2. The molecule has 0 radical (unpaired) electrons. The van der Waals surface area contributed by atoms with Crippen LogP contribution in [-0.4, -0.2) is 17.1 Å². The van der Waals surface area contributed by atoms with E-state index in [1.54, 1.807) is 0 Å². The number of carbonyl (C=O) groups is 2. The fourth-order valence-electron chi connectivity index (χ4n) is 1.76. The Bertz CT molecular complexity index is 795. The van der Waals surface area contributed by atoms with E-state index in [9.17, 15) is 31.5 Å². The average molecular weight is 346 g/mol. The Labute approximate surface area is 130 Å². The summed E-state index contributed by atoms with van der Waals surface area (Å²) >= 11 is 0. The Balaban J connectivity index is 2.29. The van der Waals surface area contributed by atoms with E-state index in [1.165, 1.54) is 12.1 Å². The summed E-state index contributed by atoms with van der Waals surface area (Å²) in [5.41, 5.74) is -1.55. The molecule has 2 rings (SSSR count). The van der Waals surface area contributed by atoms with E-state index >= 15 is 0 Å². The molecular formula is C14H7F5N2O3. The van der Waals surface area contributed by atoms with Crippen molar-refractivity contribution >= 4 is 23.4 Å². The molecule has 2 amide bonds. The second kappa shape index (κ2) is 6.52. The van der Waals surface area contributed by atoms with E-state index in [0.29, 0.717) is 0 Å². The van der Waals surface area contributed by atoms with Crippen molar-refractivity contribution in [1.82, 2.24) is 0 Å². The molecule has 0 heterocycles. The van der Waals surface area contributed by atoms with Gasteiger partial charge in [-0.05, 0) is 24.3 Å². The van der Waals surface area contributed by atoms with Crippen LogP contribution < -0.4 is 10.6 Å². The van der Waals surface area contributed by atoms with Crippen molar-refractivity contribution in [3.05, 3.63) is 58.9 Å². The van der Waals surface area contributed by atoms with Crippen LogP contribution in [0.4, 0.5) is 38.1 Å². The lowest BCUT2D eigenvalue weighted by Gasteiger charge is -2.09. The number of anilines is 2. The van der Waals surface area contributed by atoms with Gasteiger partial charge in [0.1, 0.15) is 5.56 Å². The van der Waals surface area contributed by atoms with Crippen LogP contribution in [0.15, 0.2) is 24.3 Å². The van der Waals surface area contributed by atoms with Gasteiger partial charge in [0.2, 0.25) is 5.82 Å². The minimum atomic E-state index is -2.37. The molecule has 0 aromatic heterocycles. The van der Waals surface area contributed by atoms with Gasteiger partial charge in [0.05, 0.1) is 0 Å². The zero-order valence-electron chi connectivity index (χ0n) is 11.5. The number of nitrogens with one attached hydrogen (secondary N) is 2. The zero-order valence-corrected chi connectivity index (χ0v) is 11.5. The Hall–Kier alpha value is -3.17. The first-order chi connectivity index (χ1) is 11.2. The molecule has 0 aliphatic rings. The number of carboxylic acid groups (broad SMARTS) is 1. The molecule has 0 spiro atoms. The van der Waals surface area contributed by atoms with Gasteiger partial charge in [0.15, 0.2) is 23.3 Å². The SMILES string of the molecule is O=C(O)Nc1ccc(NC(=O)c2c(F)c(F)c(F)c(F)c2F)cc1. The highest BCUT2D eigenvalue weighted by Crippen LogP contribution is 2.24. The molecule has 0 bridgehead atoms. The minimum absolute atomic E-state index is 0.0557. The van der Waals surface area contributed by atoms with Gasteiger partial charge in [-0.25, -0.2) is 26.7 Å². The third-order valence-corrected chi connectivity index (χ3v) is 2.83. The molecule has 126 valence electrons. The lowest BCUT2D eigenvalue weighted by atomic mass is 10.1. The van der Waals surface area contributed by atoms with Crippen molar-refractivity contribution < 1.29 is 36.6 Å². The molecule has 24 heavy (non-hydrogen) atoms. The van der Waals surface area contributed by atoms with Crippen LogP contribution in [-0.2, 0) is 0 Å². The summed E-state index contributed by atoms with van der Waals surface area (Å²) < 4.78 is 66.1. The van der Waals surface area contributed by atoms with Crippen LogP contribution in [0.5, 0.6) is 0 Å². The lowest BCUT2D eigenvalue weighted by molar-refractivity contribution is 0.101. The molecule has 3 N–H and O–H groups in total. The third kappa shape index (κ3) is 3.26. The van der Waals surface area contributed by atoms with Crippen LogP contribution in [0, 0.1) is 29.1 Å². The summed E-state index contributed by atoms with van der Waals surface area (Å²) in [6, 6.07) is 4.75. The van der Waals surface area contributed by atoms with Crippen molar-refractivity contribution in [2.75, 3.05) is 10.6 Å². The number of hydrogen-bond donors (Lipinski definition) is 3. The van der Waals surface area contributed by atoms with Gasteiger partial charge >= 0.3 is 6.09 Å². The predicted molar refractivity (Wildman–Crippen MR) is 72.3 cm³/mol. The number of halogens is 5. The first-order valence-electron chi connectivity index (χ1n) is 6.15. The molecule has 5 nitrogen and oxygen atoms in total. The maximum Gasteiger partial charge on any atom is 0.409 e. The average Bonchev–Trinajstić information content (AvgIpc) is 2.52. The fourth-order valence-corrected chi connectivity index (χ4v) is 1.76. The van der Waals surface area contributed by atoms with Crippen LogP contribution in [0.3, 0.4) is 0 Å². The Morgan fingerprint density at radius 1 is 0.708 bits per heavy atom. The summed E-state index contributed by atoms with van der Waals surface area (Å²) in [5.74, 6) is -12.9. The highest BCUT2D eigenvalue weighted by molar-refractivity contribution is 6.04. The first kappa shape index (κ1) is 17.2. The number of carbonyl (C=O) groups excluding carboxylic acids is 1. The quantitative estimate of drug-likeness (QED) is 0.450. The van der Waals surface area contributed by atoms with Gasteiger partial charge in [-0.3, -0.25) is 10.1 Å². The molecule has 0 aliphatic heterocycles. The molecular weight excluding hydrogens is 339 g/mol. The van der Waals surface area contributed by atoms with Crippen molar-refractivity contribution in [3.8, 4) is 0 Å². The summed E-state index contributed by atoms with van der Waals surface area (Å²) in [5, 5.41) is 12.4. The predicted octanol–water partition coefficient (Wildman–Crippen LogP) is 3.72. The summed E-state index contributed by atoms with van der Waals surface area (Å²) in [6.45, 7) is 0. The normalized spacial score (nSPS) is 10.4. The summed E-state index contributed by atoms with van der Waals surface area (Å²) in [4.78, 5) is 22.2. The topological polar surface area (TPSA) is 78.4 Å². The lowest BCUT2D eigenvalue weighted by Crippen LogP contribution is -2.19. The van der Waals surface area contributed by atoms with E-state index in [-0.39, 0.29) is 11.4 Å².